The summed E-state index contributed by atoms with van der Waals surface area (Å²) < 4.78 is 39.5. The zero-order valence-electron chi connectivity index (χ0n) is 10.4. The molecule has 0 aliphatic rings. The number of rotatable bonds is 2. The van der Waals surface area contributed by atoms with E-state index in [9.17, 15) is 13.2 Å². The molecule has 98 valence electrons. The van der Waals surface area contributed by atoms with Crippen molar-refractivity contribution in [2.24, 2.45) is 7.05 Å². The summed E-state index contributed by atoms with van der Waals surface area (Å²) in [6.45, 7) is 0. The van der Waals surface area contributed by atoms with Gasteiger partial charge in [-0.25, -0.2) is 4.57 Å². The molecule has 19 heavy (non-hydrogen) atoms. The van der Waals surface area contributed by atoms with Crippen LogP contribution in [0.3, 0.4) is 0 Å². The van der Waals surface area contributed by atoms with Crippen molar-refractivity contribution in [1.29, 1.82) is 0 Å². The number of benzene rings is 1. The van der Waals surface area contributed by atoms with Crippen LogP contribution in [0.4, 0.5) is 13.2 Å². The zero-order valence-corrected chi connectivity index (χ0v) is 10.4. The van der Waals surface area contributed by atoms with E-state index in [4.69, 9.17) is 0 Å². The molecule has 0 N–H and O–H groups in total. The Morgan fingerprint density at radius 3 is 2.21 bits per heavy atom. The molecule has 0 fully saturated rings. The summed E-state index contributed by atoms with van der Waals surface area (Å²) in [5, 5.41) is 0. The Morgan fingerprint density at radius 1 is 0.947 bits per heavy atom. The fourth-order valence-electron chi connectivity index (χ4n) is 1.63. The van der Waals surface area contributed by atoms with Crippen molar-refractivity contribution in [2.45, 2.75) is 6.18 Å². The maximum Gasteiger partial charge on any atom is 0.416 e. The van der Waals surface area contributed by atoms with Crippen LogP contribution in [-0.2, 0) is 13.2 Å². The van der Waals surface area contributed by atoms with E-state index in [1.165, 1.54) is 6.07 Å². The molecular formula is C15H13F3N+. The molecule has 1 aromatic heterocycles. The van der Waals surface area contributed by atoms with Crippen LogP contribution in [0.1, 0.15) is 16.7 Å². The van der Waals surface area contributed by atoms with Crippen LogP contribution in [0.15, 0.2) is 48.8 Å². The maximum absolute atomic E-state index is 12.5. The zero-order chi connectivity index (χ0) is 13.9. The number of pyridine rings is 1. The van der Waals surface area contributed by atoms with Gasteiger partial charge in [-0.05, 0) is 23.3 Å². The molecular weight excluding hydrogens is 251 g/mol. The van der Waals surface area contributed by atoms with Gasteiger partial charge in [0.2, 0.25) is 0 Å². The molecule has 2 aromatic rings. The molecule has 0 saturated heterocycles. The minimum absolute atomic E-state index is 0.531. The van der Waals surface area contributed by atoms with Gasteiger partial charge in [0.05, 0.1) is 5.56 Å². The van der Waals surface area contributed by atoms with Crippen molar-refractivity contribution >= 4 is 12.2 Å². The molecule has 1 nitrogen and oxygen atoms in total. The molecule has 0 spiro atoms. The van der Waals surface area contributed by atoms with Gasteiger partial charge in [-0.2, -0.15) is 13.2 Å². The van der Waals surface area contributed by atoms with Gasteiger partial charge >= 0.3 is 6.18 Å². The van der Waals surface area contributed by atoms with Gasteiger partial charge in [0.25, 0.3) is 0 Å². The molecule has 0 atom stereocenters. The second-order valence-corrected chi connectivity index (χ2v) is 4.25. The van der Waals surface area contributed by atoms with Crippen LogP contribution in [0, 0.1) is 0 Å². The van der Waals surface area contributed by atoms with E-state index < -0.39 is 11.7 Å². The lowest BCUT2D eigenvalue weighted by Crippen LogP contribution is -2.25. The Hall–Kier alpha value is -2.10. The van der Waals surface area contributed by atoms with Crippen LogP contribution in [0.25, 0.3) is 12.2 Å². The Bertz CT molecular complexity index is 583. The third-order valence-electron chi connectivity index (χ3n) is 2.69. The number of hydrogen-bond donors (Lipinski definition) is 0. The highest BCUT2D eigenvalue weighted by Gasteiger charge is 2.30. The highest BCUT2D eigenvalue weighted by atomic mass is 19.4. The lowest BCUT2D eigenvalue weighted by Gasteiger charge is -2.06. The molecule has 0 saturated carbocycles. The highest BCUT2D eigenvalue weighted by Crippen LogP contribution is 2.29. The Labute approximate surface area is 109 Å². The Morgan fingerprint density at radius 2 is 1.58 bits per heavy atom. The van der Waals surface area contributed by atoms with Crippen LogP contribution in [0.2, 0.25) is 0 Å². The fourth-order valence-corrected chi connectivity index (χ4v) is 1.63. The van der Waals surface area contributed by atoms with Gasteiger partial charge in [-0.1, -0.05) is 24.3 Å². The lowest BCUT2D eigenvalue weighted by molar-refractivity contribution is -0.671. The first kappa shape index (κ1) is 13.3. The first-order chi connectivity index (χ1) is 8.95. The average Bonchev–Trinajstić information content (AvgIpc) is 2.37. The second-order valence-electron chi connectivity index (χ2n) is 4.25. The molecule has 0 aliphatic carbocycles. The minimum atomic E-state index is -4.30. The standard InChI is InChI=1S/C15H13F3N/c1-19-9-7-12(8-10-19)5-6-13-3-2-4-14(11-13)15(16,17)18/h2-11H,1H3/q+1/b6-5+. The highest BCUT2D eigenvalue weighted by molar-refractivity contribution is 5.69. The van der Waals surface area contributed by atoms with Gasteiger partial charge in [-0.15, -0.1) is 0 Å². The van der Waals surface area contributed by atoms with E-state index in [1.807, 2.05) is 36.1 Å². The molecule has 0 unspecified atom stereocenters. The van der Waals surface area contributed by atoms with Crippen LogP contribution < -0.4 is 4.57 Å². The topological polar surface area (TPSA) is 3.88 Å². The number of halogens is 3. The van der Waals surface area contributed by atoms with Gasteiger partial charge < -0.3 is 0 Å². The third kappa shape index (κ3) is 3.68. The number of aryl methyl sites for hydroxylation is 1. The Kier molecular flexibility index (Phi) is 3.69. The predicted octanol–water partition coefficient (Wildman–Crippen LogP) is 3.70. The van der Waals surface area contributed by atoms with Gasteiger partial charge in [0.15, 0.2) is 12.4 Å². The maximum atomic E-state index is 12.5. The molecule has 2 rings (SSSR count). The van der Waals surface area contributed by atoms with Gasteiger partial charge in [0, 0.05) is 12.1 Å². The van der Waals surface area contributed by atoms with Crippen molar-refractivity contribution < 1.29 is 17.7 Å². The van der Waals surface area contributed by atoms with Crippen molar-refractivity contribution in [3.8, 4) is 0 Å². The summed E-state index contributed by atoms with van der Waals surface area (Å²) in [6.07, 6.45) is 2.92. The average molecular weight is 264 g/mol. The van der Waals surface area contributed by atoms with E-state index in [-0.39, 0.29) is 0 Å². The summed E-state index contributed by atoms with van der Waals surface area (Å²) in [4.78, 5) is 0. The number of alkyl halides is 3. The predicted molar refractivity (Wildman–Crippen MR) is 68.0 cm³/mol. The monoisotopic (exact) mass is 264 g/mol. The smallest absolute Gasteiger partial charge is 0.208 e. The molecule has 1 aromatic carbocycles. The quantitative estimate of drug-likeness (QED) is 0.728. The molecule has 1 heterocycles. The van der Waals surface area contributed by atoms with Crippen LogP contribution in [-0.4, -0.2) is 0 Å². The van der Waals surface area contributed by atoms with Crippen molar-refractivity contribution in [3.63, 3.8) is 0 Å². The minimum Gasteiger partial charge on any atom is -0.208 e. The third-order valence-corrected chi connectivity index (χ3v) is 2.69. The SMILES string of the molecule is C[n+]1ccc(/C=C/c2cccc(C(F)(F)F)c2)cc1. The second kappa shape index (κ2) is 5.26. The lowest BCUT2D eigenvalue weighted by atomic mass is 10.1. The molecule has 0 bridgehead atoms. The first-order valence-corrected chi connectivity index (χ1v) is 5.76. The van der Waals surface area contributed by atoms with Gasteiger partial charge in [-0.3, -0.25) is 0 Å². The summed E-state index contributed by atoms with van der Waals surface area (Å²) in [5.74, 6) is 0. The summed E-state index contributed by atoms with van der Waals surface area (Å²) in [6, 6.07) is 9.05. The van der Waals surface area contributed by atoms with Crippen molar-refractivity contribution in [2.75, 3.05) is 0 Å². The van der Waals surface area contributed by atoms with Crippen molar-refractivity contribution in [3.05, 3.63) is 65.5 Å². The molecule has 4 heteroatoms. The fraction of sp³-hybridized carbons (Fsp3) is 0.133. The number of aromatic nitrogens is 1. The van der Waals surface area contributed by atoms with E-state index >= 15 is 0 Å². The number of hydrogen-bond acceptors (Lipinski definition) is 0. The summed E-state index contributed by atoms with van der Waals surface area (Å²) in [7, 11) is 1.90. The molecule has 0 aliphatic heterocycles. The van der Waals surface area contributed by atoms with Crippen molar-refractivity contribution in [1.82, 2.24) is 0 Å². The van der Waals surface area contributed by atoms with Crippen LogP contribution in [0.5, 0.6) is 0 Å². The summed E-state index contributed by atoms with van der Waals surface area (Å²) in [5.41, 5.74) is 0.840. The van der Waals surface area contributed by atoms with E-state index in [0.29, 0.717) is 5.56 Å². The van der Waals surface area contributed by atoms with E-state index in [0.717, 1.165) is 17.7 Å². The van der Waals surface area contributed by atoms with Crippen LogP contribution >= 0.6 is 0 Å². The summed E-state index contributed by atoms with van der Waals surface area (Å²) >= 11 is 0. The Balaban J connectivity index is 2.21. The normalized spacial score (nSPS) is 12.0. The van der Waals surface area contributed by atoms with E-state index in [2.05, 4.69) is 0 Å². The van der Waals surface area contributed by atoms with E-state index in [1.54, 1.807) is 18.2 Å². The number of nitrogens with zero attached hydrogens (tertiary/aromatic N) is 1. The largest absolute Gasteiger partial charge is 0.416 e. The molecule has 0 amide bonds. The van der Waals surface area contributed by atoms with Gasteiger partial charge in [0.1, 0.15) is 7.05 Å². The first-order valence-electron chi connectivity index (χ1n) is 5.76. The molecule has 0 radical (unpaired) electrons.